The van der Waals surface area contributed by atoms with Gasteiger partial charge in [-0.05, 0) is 17.7 Å². The van der Waals surface area contributed by atoms with E-state index >= 15 is 0 Å². The fourth-order valence-corrected chi connectivity index (χ4v) is 4.55. The van der Waals surface area contributed by atoms with Gasteiger partial charge in [0.25, 0.3) is 5.01 Å². The van der Waals surface area contributed by atoms with Crippen molar-refractivity contribution in [1.29, 1.82) is 0 Å². The lowest BCUT2D eigenvalue weighted by Crippen LogP contribution is -2.42. The molecule has 0 unspecified atom stereocenters. The molecule has 0 saturated carbocycles. The number of aromatic nitrogens is 1. The van der Waals surface area contributed by atoms with Crippen LogP contribution >= 0.6 is 11.3 Å². The van der Waals surface area contributed by atoms with E-state index in [1.165, 1.54) is 33.2 Å². The van der Waals surface area contributed by atoms with E-state index in [1.807, 2.05) is 0 Å². The Hall–Kier alpha value is -2.65. The molecule has 4 rings (SSSR count). The van der Waals surface area contributed by atoms with Gasteiger partial charge in [-0.1, -0.05) is 65.9 Å². The standard InChI is InChI=1S/C23H23N2S/c1-17-16-26-23(25(17)18(2)19-9-5-4-6-10-19)15-21-14-13-20-11-7-8-12-22(20)24(21)3/h4-16,18H,1-3H3/q+1/t18-/m0/s1. The Labute approximate surface area is 159 Å². The number of fused-ring (bicyclic) bond motifs is 1. The number of aryl methyl sites for hydroxylation is 1. The predicted octanol–water partition coefficient (Wildman–Crippen LogP) is 5.46. The summed E-state index contributed by atoms with van der Waals surface area (Å²) in [5.41, 5.74) is 6.34. The van der Waals surface area contributed by atoms with Gasteiger partial charge in [0.15, 0.2) is 11.7 Å². The molecule has 26 heavy (non-hydrogen) atoms. The number of para-hydroxylation sites is 1. The van der Waals surface area contributed by atoms with Crippen molar-refractivity contribution in [2.75, 3.05) is 11.9 Å². The van der Waals surface area contributed by atoms with E-state index in [9.17, 15) is 0 Å². The molecule has 1 aliphatic rings. The normalized spacial score (nSPS) is 16.0. The number of hydrogen-bond donors (Lipinski definition) is 0. The van der Waals surface area contributed by atoms with Crippen LogP contribution in [0.15, 0.2) is 71.8 Å². The monoisotopic (exact) mass is 359 g/mol. The summed E-state index contributed by atoms with van der Waals surface area (Å²) in [4.78, 5) is 2.27. The minimum atomic E-state index is 0.305. The summed E-state index contributed by atoms with van der Waals surface area (Å²) in [6, 6.07) is 19.5. The third kappa shape index (κ3) is 2.99. The van der Waals surface area contributed by atoms with Crippen LogP contribution in [0, 0.1) is 6.92 Å². The largest absolute Gasteiger partial charge is 0.344 e. The second kappa shape index (κ2) is 6.93. The molecule has 0 fully saturated rings. The first-order valence-electron chi connectivity index (χ1n) is 8.92. The fraction of sp³-hybridized carbons (Fsp3) is 0.174. The van der Waals surface area contributed by atoms with E-state index in [2.05, 4.69) is 109 Å². The third-order valence-corrected chi connectivity index (χ3v) is 6.04. The molecule has 2 aromatic carbocycles. The molecule has 130 valence electrons. The smallest absolute Gasteiger partial charge is 0.264 e. The first-order chi connectivity index (χ1) is 12.6. The van der Waals surface area contributed by atoms with Crippen molar-refractivity contribution in [3.63, 3.8) is 0 Å². The Morgan fingerprint density at radius 2 is 1.73 bits per heavy atom. The van der Waals surface area contributed by atoms with Gasteiger partial charge in [-0.3, -0.25) is 0 Å². The highest BCUT2D eigenvalue weighted by molar-refractivity contribution is 7.10. The van der Waals surface area contributed by atoms with Crippen LogP contribution in [-0.2, 0) is 0 Å². The molecule has 1 atom stereocenters. The molecule has 0 saturated heterocycles. The van der Waals surface area contributed by atoms with Crippen LogP contribution in [-0.4, -0.2) is 7.05 Å². The lowest BCUT2D eigenvalue weighted by Gasteiger charge is -2.25. The summed E-state index contributed by atoms with van der Waals surface area (Å²) >= 11 is 1.80. The van der Waals surface area contributed by atoms with Gasteiger partial charge >= 0.3 is 0 Å². The average Bonchev–Trinajstić information content (AvgIpc) is 3.04. The number of likely N-dealkylation sites (N-methyl/N-ethyl adjacent to an activating group) is 1. The third-order valence-electron chi connectivity index (χ3n) is 5.03. The molecule has 3 heteroatoms. The summed E-state index contributed by atoms with van der Waals surface area (Å²) in [5.74, 6) is 0. The number of thiazole rings is 1. The maximum absolute atomic E-state index is 2.43. The van der Waals surface area contributed by atoms with Crippen LogP contribution in [0.5, 0.6) is 0 Å². The number of hydrogen-bond acceptors (Lipinski definition) is 2. The first-order valence-corrected chi connectivity index (χ1v) is 9.80. The predicted molar refractivity (Wildman–Crippen MR) is 111 cm³/mol. The minimum absolute atomic E-state index is 0.305. The first kappa shape index (κ1) is 16.8. The highest BCUT2D eigenvalue weighted by Gasteiger charge is 2.25. The van der Waals surface area contributed by atoms with E-state index in [0.29, 0.717) is 6.04 Å². The Bertz CT molecular complexity index is 982. The summed E-state index contributed by atoms with van der Waals surface area (Å²) in [6.07, 6.45) is 6.70. The lowest BCUT2D eigenvalue weighted by atomic mass is 10.1. The number of rotatable bonds is 3. The van der Waals surface area contributed by atoms with Crippen molar-refractivity contribution in [3.8, 4) is 0 Å². The zero-order chi connectivity index (χ0) is 18.1. The van der Waals surface area contributed by atoms with Crippen molar-refractivity contribution >= 4 is 29.2 Å². The second-order valence-electron chi connectivity index (χ2n) is 6.69. The number of benzene rings is 2. The van der Waals surface area contributed by atoms with Crippen LogP contribution in [0.4, 0.5) is 5.69 Å². The van der Waals surface area contributed by atoms with Crippen molar-refractivity contribution in [2.24, 2.45) is 0 Å². The number of allylic oxidation sites excluding steroid dienone is 1. The Balaban J connectivity index is 1.74. The van der Waals surface area contributed by atoms with Crippen molar-refractivity contribution in [3.05, 3.63) is 93.6 Å². The Morgan fingerprint density at radius 3 is 2.54 bits per heavy atom. The van der Waals surface area contributed by atoms with Gasteiger partial charge in [0.1, 0.15) is 0 Å². The van der Waals surface area contributed by atoms with Gasteiger partial charge < -0.3 is 4.90 Å². The van der Waals surface area contributed by atoms with Crippen LogP contribution in [0.2, 0.25) is 0 Å². The molecule has 2 nitrogen and oxygen atoms in total. The van der Waals surface area contributed by atoms with Crippen LogP contribution in [0.25, 0.3) is 12.2 Å². The molecule has 0 spiro atoms. The van der Waals surface area contributed by atoms with Gasteiger partial charge in [0.2, 0.25) is 0 Å². The molecule has 0 bridgehead atoms. The molecule has 1 aromatic heterocycles. The van der Waals surface area contributed by atoms with Gasteiger partial charge in [-0.25, -0.2) is 0 Å². The van der Waals surface area contributed by atoms with Gasteiger partial charge in [-0.15, -0.1) is 0 Å². The zero-order valence-corrected chi connectivity index (χ0v) is 16.2. The minimum Gasteiger partial charge on any atom is -0.344 e. The van der Waals surface area contributed by atoms with Crippen LogP contribution in [0.3, 0.4) is 0 Å². The van der Waals surface area contributed by atoms with Crippen LogP contribution < -0.4 is 9.47 Å². The van der Waals surface area contributed by atoms with E-state index in [4.69, 9.17) is 0 Å². The molecule has 3 aromatic rings. The van der Waals surface area contributed by atoms with Gasteiger partial charge in [0, 0.05) is 43.9 Å². The van der Waals surface area contributed by atoms with E-state index in [1.54, 1.807) is 11.3 Å². The molecule has 0 amide bonds. The summed E-state index contributed by atoms with van der Waals surface area (Å²) in [6.45, 7) is 4.46. The maximum atomic E-state index is 2.43. The summed E-state index contributed by atoms with van der Waals surface area (Å²) in [5, 5.41) is 3.51. The Morgan fingerprint density at radius 1 is 1.00 bits per heavy atom. The molecule has 0 radical (unpaired) electrons. The highest BCUT2D eigenvalue weighted by atomic mass is 32.1. The summed E-state index contributed by atoms with van der Waals surface area (Å²) in [7, 11) is 2.14. The maximum Gasteiger partial charge on any atom is 0.264 e. The number of nitrogens with zero attached hydrogens (tertiary/aromatic N) is 2. The van der Waals surface area contributed by atoms with E-state index < -0.39 is 0 Å². The molecule has 0 N–H and O–H groups in total. The second-order valence-corrected chi connectivity index (χ2v) is 7.58. The Kier molecular flexibility index (Phi) is 4.48. The average molecular weight is 360 g/mol. The number of anilines is 1. The molecule has 2 heterocycles. The van der Waals surface area contributed by atoms with Crippen molar-refractivity contribution in [1.82, 2.24) is 0 Å². The van der Waals surface area contributed by atoms with Crippen LogP contribution in [0.1, 0.15) is 34.8 Å². The van der Waals surface area contributed by atoms with Crippen molar-refractivity contribution in [2.45, 2.75) is 19.9 Å². The lowest BCUT2D eigenvalue weighted by molar-refractivity contribution is -0.713. The quantitative estimate of drug-likeness (QED) is 0.564. The van der Waals surface area contributed by atoms with Gasteiger partial charge in [0.05, 0.1) is 5.38 Å². The topological polar surface area (TPSA) is 7.12 Å². The molecule has 0 aliphatic carbocycles. The highest BCUT2D eigenvalue weighted by Crippen LogP contribution is 2.30. The zero-order valence-electron chi connectivity index (χ0n) is 15.4. The summed E-state index contributed by atoms with van der Waals surface area (Å²) < 4.78 is 2.43. The molecular formula is C23H23N2S+. The SMILES string of the molecule is Cc1csc(/C=C2\C=Cc3ccccc3N2C)[n+]1[C@@H](C)c1ccccc1. The molecule has 1 aliphatic heterocycles. The van der Waals surface area contributed by atoms with E-state index in [-0.39, 0.29) is 0 Å². The fourth-order valence-electron chi connectivity index (χ4n) is 3.54. The van der Waals surface area contributed by atoms with E-state index in [0.717, 1.165) is 0 Å². The molecular weight excluding hydrogens is 336 g/mol. The van der Waals surface area contributed by atoms with Gasteiger partial charge in [-0.2, -0.15) is 4.57 Å². The van der Waals surface area contributed by atoms with Crippen molar-refractivity contribution < 1.29 is 4.57 Å².